The van der Waals surface area contributed by atoms with Crippen LogP contribution in [0.4, 0.5) is 0 Å². The molecule has 0 aliphatic heterocycles. The van der Waals surface area contributed by atoms with E-state index >= 15 is 0 Å². The number of benzene rings is 4. The van der Waals surface area contributed by atoms with Crippen molar-refractivity contribution in [1.29, 1.82) is 0 Å². The SMILES string of the molecule is Cc1ccnc(-c2[c-]c(Oc3[c-]c4c(cc3)c3ccc(Oc5[c-]c(-c6cc(C)ccn6)ccc5CC(C)C)[c-]c3n4-c3ncncn3)c(CC(C)C)cc2)c1.[Pd+2].[Pt+2]. The van der Waals surface area contributed by atoms with Gasteiger partial charge in [0.05, 0.1) is 0 Å². The summed E-state index contributed by atoms with van der Waals surface area (Å²) >= 11 is 0. The quantitative estimate of drug-likeness (QED) is 0.0942. The molecule has 10 heteroatoms. The van der Waals surface area contributed by atoms with E-state index in [4.69, 9.17) is 9.47 Å². The van der Waals surface area contributed by atoms with Gasteiger partial charge in [0, 0.05) is 35.4 Å². The van der Waals surface area contributed by atoms with Crippen molar-refractivity contribution in [2.24, 2.45) is 11.8 Å². The summed E-state index contributed by atoms with van der Waals surface area (Å²) in [5.74, 6) is 3.63. The largest absolute Gasteiger partial charge is 2.00 e. The Labute approximate surface area is 362 Å². The summed E-state index contributed by atoms with van der Waals surface area (Å²) in [7, 11) is 0. The van der Waals surface area contributed by atoms with Crippen molar-refractivity contribution in [3.8, 4) is 51.5 Å². The van der Waals surface area contributed by atoms with Gasteiger partial charge in [-0.25, -0.2) is 15.0 Å². The minimum absolute atomic E-state index is 0. The van der Waals surface area contributed by atoms with Crippen molar-refractivity contribution in [3.63, 3.8) is 0 Å². The second-order valence-electron chi connectivity index (χ2n) is 14.7. The van der Waals surface area contributed by atoms with Crippen LogP contribution in [-0.4, -0.2) is 29.5 Å². The third-order valence-corrected chi connectivity index (χ3v) is 9.26. The van der Waals surface area contributed by atoms with Crippen LogP contribution in [-0.2, 0) is 54.3 Å². The molecule has 8 aromatic rings. The zero-order valence-electron chi connectivity index (χ0n) is 32.4. The van der Waals surface area contributed by atoms with E-state index in [-0.39, 0.29) is 41.5 Å². The van der Waals surface area contributed by atoms with Gasteiger partial charge in [0.25, 0.3) is 0 Å². The van der Waals surface area contributed by atoms with Crippen LogP contribution < -0.4 is 9.47 Å². The summed E-state index contributed by atoms with van der Waals surface area (Å²) in [5, 5.41) is 1.88. The number of aryl methyl sites for hydroxylation is 2. The Kier molecular flexibility index (Phi) is 13.2. The molecule has 0 saturated heterocycles. The van der Waals surface area contributed by atoms with Crippen LogP contribution >= 0.6 is 0 Å². The number of fused-ring (bicyclic) bond motifs is 3. The minimum atomic E-state index is 0. The average Bonchev–Trinajstić information content (AvgIpc) is 3.49. The van der Waals surface area contributed by atoms with Gasteiger partial charge in [0.15, 0.2) is 0 Å². The number of aromatic nitrogens is 6. The molecule has 0 unspecified atom stereocenters. The number of rotatable bonds is 11. The molecule has 0 saturated carbocycles. The normalized spacial score (nSPS) is 11.2. The standard InChI is InChI=1S/C47H40N6O2.Pd.Pt/c1-29(2)19-35-9-7-33(41-21-31(5)15-17-49-41)23-45(35)54-37-11-13-39-40-14-12-38(26-44(40)53(43(39)25-37)47-51-27-48-28-52-47)55-46-24-34(8-10-36(46)20-30(3)4)42-22-32(6)16-18-50-42;;/h7-18,21-22,27-30H,19-20H2,1-6H3;;/q-4;2*+2. The summed E-state index contributed by atoms with van der Waals surface area (Å²) in [6.07, 6.45) is 8.27. The molecule has 0 radical (unpaired) electrons. The van der Waals surface area contributed by atoms with Gasteiger partial charge >= 0.3 is 41.5 Å². The van der Waals surface area contributed by atoms with Gasteiger partial charge in [0.2, 0.25) is 5.95 Å². The summed E-state index contributed by atoms with van der Waals surface area (Å²) in [5.41, 5.74) is 9.25. The molecule has 8 rings (SSSR count). The van der Waals surface area contributed by atoms with E-state index in [2.05, 4.69) is 127 Å². The zero-order chi connectivity index (χ0) is 38.1. The second-order valence-corrected chi connectivity index (χ2v) is 14.7. The van der Waals surface area contributed by atoms with Crippen LogP contribution in [0.5, 0.6) is 23.0 Å². The Morgan fingerprint density at radius 2 is 1.04 bits per heavy atom. The molecule has 290 valence electrons. The number of pyridine rings is 2. The molecule has 4 heterocycles. The maximum atomic E-state index is 6.65. The number of ether oxygens (including phenoxy) is 2. The minimum Gasteiger partial charge on any atom is -0.503 e. The average molecular weight is 1020 g/mol. The predicted molar refractivity (Wildman–Crippen MR) is 216 cm³/mol. The van der Waals surface area contributed by atoms with Gasteiger partial charge in [-0.15, -0.1) is 59.7 Å². The van der Waals surface area contributed by atoms with Crippen LogP contribution in [0.1, 0.15) is 49.9 Å². The first-order valence-corrected chi connectivity index (χ1v) is 18.6. The van der Waals surface area contributed by atoms with E-state index in [0.717, 1.165) is 79.4 Å². The fraction of sp³-hybridized carbons (Fsp3) is 0.213. The smallest absolute Gasteiger partial charge is 0.503 e. The van der Waals surface area contributed by atoms with Gasteiger partial charge in [0.1, 0.15) is 12.7 Å². The predicted octanol–water partition coefficient (Wildman–Crippen LogP) is 10.9. The zero-order valence-corrected chi connectivity index (χ0v) is 36.3. The Hall–Kier alpha value is -5.06. The third kappa shape index (κ3) is 9.24. The maximum absolute atomic E-state index is 6.65. The molecule has 0 N–H and O–H groups in total. The van der Waals surface area contributed by atoms with Crippen molar-refractivity contribution in [2.75, 3.05) is 0 Å². The molecule has 0 aliphatic carbocycles. The molecule has 4 aromatic carbocycles. The van der Waals surface area contributed by atoms with Crippen molar-refractivity contribution < 1.29 is 51.0 Å². The Morgan fingerprint density at radius 1 is 0.579 bits per heavy atom. The van der Waals surface area contributed by atoms with E-state index in [9.17, 15) is 0 Å². The summed E-state index contributed by atoms with van der Waals surface area (Å²) in [4.78, 5) is 22.4. The second kappa shape index (κ2) is 18.0. The molecule has 0 fully saturated rings. The molecular weight excluding hydrogens is 982 g/mol. The summed E-state index contributed by atoms with van der Waals surface area (Å²) in [6, 6.07) is 38.5. The molecule has 4 aromatic heterocycles. The molecule has 0 atom stereocenters. The van der Waals surface area contributed by atoms with Gasteiger partial charge in [-0.3, -0.25) is 0 Å². The van der Waals surface area contributed by atoms with E-state index < -0.39 is 0 Å². The Morgan fingerprint density at radius 3 is 1.46 bits per heavy atom. The maximum Gasteiger partial charge on any atom is 2.00 e. The summed E-state index contributed by atoms with van der Waals surface area (Å²) < 4.78 is 15.2. The third-order valence-electron chi connectivity index (χ3n) is 9.26. The molecular formula is C47H40N6O2PdPt. The molecule has 0 aliphatic rings. The van der Waals surface area contributed by atoms with Crippen LogP contribution in [0, 0.1) is 49.9 Å². The molecule has 57 heavy (non-hydrogen) atoms. The molecule has 8 nitrogen and oxygen atoms in total. The molecule has 0 amide bonds. The van der Waals surface area contributed by atoms with Gasteiger partial charge in [-0.1, -0.05) is 110 Å². The topological polar surface area (TPSA) is 87.8 Å². The van der Waals surface area contributed by atoms with Crippen LogP contribution in [0.15, 0.2) is 97.8 Å². The van der Waals surface area contributed by atoms with Crippen molar-refractivity contribution in [1.82, 2.24) is 29.5 Å². The van der Waals surface area contributed by atoms with Crippen molar-refractivity contribution in [2.45, 2.75) is 54.4 Å². The van der Waals surface area contributed by atoms with E-state index in [1.54, 1.807) is 0 Å². The summed E-state index contributed by atoms with van der Waals surface area (Å²) in [6.45, 7) is 12.9. The van der Waals surface area contributed by atoms with E-state index in [0.29, 0.717) is 40.8 Å². The first-order chi connectivity index (χ1) is 26.7. The first kappa shape index (κ1) is 41.6. The molecule has 0 spiro atoms. The van der Waals surface area contributed by atoms with Gasteiger partial charge < -0.3 is 24.0 Å². The molecule has 0 bridgehead atoms. The van der Waals surface area contributed by atoms with Gasteiger partial charge in [-0.2, -0.15) is 22.9 Å². The fourth-order valence-corrected chi connectivity index (χ4v) is 6.77. The van der Waals surface area contributed by atoms with Crippen molar-refractivity contribution >= 4 is 21.8 Å². The van der Waals surface area contributed by atoms with Crippen LogP contribution in [0.3, 0.4) is 0 Å². The fourth-order valence-electron chi connectivity index (χ4n) is 6.77. The van der Waals surface area contributed by atoms with Crippen LogP contribution in [0.25, 0.3) is 50.3 Å². The first-order valence-electron chi connectivity index (χ1n) is 18.6. The van der Waals surface area contributed by atoms with E-state index in [1.807, 2.05) is 53.4 Å². The van der Waals surface area contributed by atoms with Gasteiger partial charge in [-0.05, 0) is 37.4 Å². The monoisotopic (exact) mass is 1020 g/mol. The van der Waals surface area contributed by atoms with Crippen molar-refractivity contribution in [3.05, 3.63) is 144 Å². The van der Waals surface area contributed by atoms with Crippen LogP contribution in [0.2, 0.25) is 0 Å². The Bertz CT molecular complexity index is 2500. The van der Waals surface area contributed by atoms with E-state index in [1.165, 1.54) is 12.7 Å². The number of nitrogens with zero attached hydrogens (tertiary/aromatic N) is 6. The number of hydrogen-bond acceptors (Lipinski definition) is 7. The Balaban J connectivity index is 0.00000275. The number of hydrogen-bond donors (Lipinski definition) is 0.